The van der Waals surface area contributed by atoms with E-state index < -0.39 is 4.32 Å². The van der Waals surface area contributed by atoms with Crippen LogP contribution in [-0.2, 0) is 11.2 Å². The smallest absolute Gasteiger partial charge is 0.236 e. The van der Waals surface area contributed by atoms with Crippen LogP contribution in [0.15, 0.2) is 17.5 Å². The lowest BCUT2D eigenvalue weighted by Crippen LogP contribution is -2.38. The molecule has 0 bridgehead atoms. The molecule has 1 N–H and O–H groups in total. The van der Waals surface area contributed by atoms with Crippen LogP contribution >= 0.6 is 27.3 Å². The fourth-order valence-electron chi connectivity index (χ4n) is 0.964. The summed E-state index contributed by atoms with van der Waals surface area (Å²) in [5.41, 5.74) is 0. The summed E-state index contributed by atoms with van der Waals surface area (Å²) in [7, 11) is 0. The lowest BCUT2D eigenvalue weighted by atomic mass is 10.2. The van der Waals surface area contributed by atoms with E-state index in [1.807, 2.05) is 25.3 Å². The Morgan fingerprint density at radius 1 is 1.64 bits per heavy atom. The predicted molar refractivity (Wildman–Crippen MR) is 64.0 cm³/mol. The van der Waals surface area contributed by atoms with Crippen molar-refractivity contribution in [2.24, 2.45) is 0 Å². The molecule has 0 aliphatic heterocycles. The zero-order chi connectivity index (χ0) is 10.6. The number of halogens is 1. The molecule has 0 radical (unpaired) electrons. The summed E-state index contributed by atoms with van der Waals surface area (Å²) in [5.74, 6) is 0.0362. The van der Waals surface area contributed by atoms with E-state index in [0.717, 1.165) is 6.42 Å². The molecule has 0 saturated carbocycles. The first kappa shape index (κ1) is 11.7. The number of amides is 1. The van der Waals surface area contributed by atoms with Gasteiger partial charge >= 0.3 is 0 Å². The van der Waals surface area contributed by atoms with Crippen LogP contribution in [0.2, 0.25) is 0 Å². The molecule has 0 spiro atoms. The van der Waals surface area contributed by atoms with Crippen molar-refractivity contribution < 1.29 is 4.79 Å². The molecule has 1 rings (SSSR count). The topological polar surface area (TPSA) is 29.1 Å². The van der Waals surface area contributed by atoms with Gasteiger partial charge in [-0.2, -0.15) is 0 Å². The zero-order valence-corrected chi connectivity index (χ0v) is 10.7. The van der Waals surface area contributed by atoms with Crippen LogP contribution in [-0.4, -0.2) is 16.8 Å². The van der Waals surface area contributed by atoms with Gasteiger partial charge in [0, 0.05) is 11.4 Å². The van der Waals surface area contributed by atoms with E-state index in [1.54, 1.807) is 11.3 Å². The molecule has 1 amide bonds. The Morgan fingerprint density at radius 3 is 2.86 bits per heavy atom. The lowest BCUT2D eigenvalue weighted by Gasteiger charge is -2.15. The number of hydrogen-bond acceptors (Lipinski definition) is 2. The molecule has 14 heavy (non-hydrogen) atoms. The molecule has 0 unspecified atom stereocenters. The Hall–Kier alpha value is -0.350. The first-order chi connectivity index (χ1) is 6.50. The van der Waals surface area contributed by atoms with E-state index >= 15 is 0 Å². The molecule has 1 aromatic rings. The highest BCUT2D eigenvalue weighted by atomic mass is 79.9. The van der Waals surface area contributed by atoms with Crippen LogP contribution < -0.4 is 5.32 Å². The van der Waals surface area contributed by atoms with E-state index in [-0.39, 0.29) is 5.91 Å². The van der Waals surface area contributed by atoms with Gasteiger partial charge in [-0.05, 0) is 31.7 Å². The highest BCUT2D eigenvalue weighted by Crippen LogP contribution is 2.15. The van der Waals surface area contributed by atoms with Crippen molar-refractivity contribution in [1.29, 1.82) is 0 Å². The summed E-state index contributed by atoms with van der Waals surface area (Å²) in [6.45, 7) is 4.38. The van der Waals surface area contributed by atoms with Crippen LogP contribution in [0, 0.1) is 0 Å². The highest BCUT2D eigenvalue weighted by Gasteiger charge is 2.22. The maximum atomic E-state index is 11.4. The van der Waals surface area contributed by atoms with E-state index in [1.165, 1.54) is 4.88 Å². The number of thiophene rings is 1. The number of rotatable bonds is 4. The van der Waals surface area contributed by atoms with Crippen molar-refractivity contribution in [1.82, 2.24) is 5.32 Å². The summed E-state index contributed by atoms with van der Waals surface area (Å²) in [6, 6.07) is 4.10. The first-order valence-electron chi connectivity index (χ1n) is 4.50. The standard InChI is InChI=1S/C10H14BrNOS/c1-10(2,11)9(13)12-6-5-8-4-3-7-14-8/h3-4,7H,5-6H2,1-2H3,(H,12,13). The summed E-state index contributed by atoms with van der Waals surface area (Å²) in [6.07, 6.45) is 0.909. The molecule has 0 fully saturated rings. The number of carbonyl (C=O) groups is 1. The van der Waals surface area contributed by atoms with E-state index in [2.05, 4.69) is 27.3 Å². The van der Waals surface area contributed by atoms with Crippen molar-refractivity contribution in [2.45, 2.75) is 24.6 Å². The normalized spacial score (nSPS) is 11.4. The quantitative estimate of drug-likeness (QED) is 0.841. The van der Waals surface area contributed by atoms with Gasteiger partial charge in [0.2, 0.25) is 5.91 Å². The van der Waals surface area contributed by atoms with Crippen LogP contribution in [0.4, 0.5) is 0 Å². The van der Waals surface area contributed by atoms with E-state index in [4.69, 9.17) is 0 Å². The minimum absolute atomic E-state index is 0.0362. The van der Waals surface area contributed by atoms with Crippen LogP contribution in [0.5, 0.6) is 0 Å². The van der Waals surface area contributed by atoms with Crippen molar-refractivity contribution in [3.8, 4) is 0 Å². The fraction of sp³-hybridized carbons (Fsp3) is 0.500. The van der Waals surface area contributed by atoms with Crippen LogP contribution in [0.1, 0.15) is 18.7 Å². The first-order valence-corrected chi connectivity index (χ1v) is 6.17. The number of carbonyl (C=O) groups excluding carboxylic acids is 1. The van der Waals surface area contributed by atoms with Gasteiger partial charge < -0.3 is 5.32 Å². The zero-order valence-electron chi connectivity index (χ0n) is 8.34. The monoisotopic (exact) mass is 275 g/mol. The van der Waals surface area contributed by atoms with Gasteiger partial charge in [-0.25, -0.2) is 0 Å². The molecule has 0 atom stereocenters. The number of hydrogen-bond donors (Lipinski definition) is 1. The Bertz CT molecular complexity index is 290. The average Bonchev–Trinajstić information content (AvgIpc) is 2.55. The van der Waals surface area contributed by atoms with Gasteiger partial charge in [0.15, 0.2) is 0 Å². The molecular weight excluding hydrogens is 262 g/mol. The van der Waals surface area contributed by atoms with Gasteiger partial charge in [-0.15, -0.1) is 11.3 Å². The van der Waals surface area contributed by atoms with Gasteiger partial charge in [-0.1, -0.05) is 22.0 Å². The summed E-state index contributed by atoms with van der Waals surface area (Å²) in [5, 5.41) is 4.93. The van der Waals surface area contributed by atoms with Gasteiger partial charge in [0.1, 0.15) is 0 Å². The van der Waals surface area contributed by atoms with Crippen molar-refractivity contribution in [3.63, 3.8) is 0 Å². The number of nitrogens with one attached hydrogen (secondary N) is 1. The summed E-state index contributed by atoms with van der Waals surface area (Å²) >= 11 is 5.03. The minimum atomic E-state index is -0.470. The summed E-state index contributed by atoms with van der Waals surface area (Å²) in [4.78, 5) is 12.7. The maximum Gasteiger partial charge on any atom is 0.236 e. The summed E-state index contributed by atoms with van der Waals surface area (Å²) < 4.78 is -0.470. The minimum Gasteiger partial charge on any atom is -0.355 e. The van der Waals surface area contributed by atoms with Crippen LogP contribution in [0.25, 0.3) is 0 Å². The van der Waals surface area contributed by atoms with Gasteiger partial charge in [0.05, 0.1) is 4.32 Å². The van der Waals surface area contributed by atoms with Crippen molar-refractivity contribution >= 4 is 33.2 Å². The number of alkyl halides is 1. The van der Waals surface area contributed by atoms with Crippen molar-refractivity contribution in [2.75, 3.05) is 6.54 Å². The van der Waals surface area contributed by atoms with E-state index in [0.29, 0.717) is 6.54 Å². The van der Waals surface area contributed by atoms with E-state index in [9.17, 15) is 4.79 Å². The maximum absolute atomic E-state index is 11.4. The second kappa shape index (κ2) is 4.94. The highest BCUT2D eigenvalue weighted by molar-refractivity contribution is 9.10. The Kier molecular flexibility index (Phi) is 4.13. The Balaban J connectivity index is 2.26. The third-order valence-corrected chi connectivity index (χ3v) is 3.07. The second-order valence-corrected chi connectivity index (χ2v) is 6.57. The molecule has 2 nitrogen and oxygen atoms in total. The molecule has 1 aromatic heterocycles. The Labute approximate surface area is 96.8 Å². The third kappa shape index (κ3) is 3.80. The lowest BCUT2D eigenvalue weighted by molar-refractivity contribution is -0.122. The second-order valence-electron chi connectivity index (χ2n) is 3.56. The molecule has 0 saturated heterocycles. The van der Waals surface area contributed by atoms with Crippen LogP contribution in [0.3, 0.4) is 0 Å². The largest absolute Gasteiger partial charge is 0.355 e. The van der Waals surface area contributed by atoms with Gasteiger partial charge in [0.25, 0.3) is 0 Å². The molecule has 1 heterocycles. The van der Waals surface area contributed by atoms with Gasteiger partial charge in [-0.3, -0.25) is 4.79 Å². The SMILES string of the molecule is CC(C)(Br)C(=O)NCCc1cccs1. The Morgan fingerprint density at radius 2 is 2.36 bits per heavy atom. The molecule has 0 aliphatic carbocycles. The van der Waals surface area contributed by atoms with Crippen molar-refractivity contribution in [3.05, 3.63) is 22.4 Å². The average molecular weight is 276 g/mol. The molecular formula is C10H14BrNOS. The predicted octanol–water partition coefficient (Wildman–Crippen LogP) is 2.58. The molecule has 4 heteroatoms. The molecule has 78 valence electrons. The fourth-order valence-corrected chi connectivity index (χ4v) is 1.81. The third-order valence-electron chi connectivity index (χ3n) is 1.78. The molecule has 0 aromatic carbocycles. The molecule has 0 aliphatic rings.